The summed E-state index contributed by atoms with van der Waals surface area (Å²) in [6.45, 7) is 3.04. The number of anilines is 3. The molecular formula is C20H22N6O3. The number of aliphatic hydroxyl groups excluding tert-OH is 2. The van der Waals surface area contributed by atoms with Crippen LogP contribution in [-0.2, 0) is 0 Å². The third-order valence-corrected chi connectivity index (χ3v) is 3.43. The van der Waals surface area contributed by atoms with E-state index in [1.165, 1.54) is 6.20 Å². The Kier molecular flexibility index (Phi) is 7.85. The zero-order valence-electron chi connectivity index (χ0n) is 16.0. The van der Waals surface area contributed by atoms with Gasteiger partial charge >= 0.3 is 0 Å². The van der Waals surface area contributed by atoms with Crippen molar-refractivity contribution < 1.29 is 14.7 Å². The Morgan fingerprint density at radius 3 is 2.66 bits per heavy atom. The molecular weight excluding hydrogens is 372 g/mol. The second kappa shape index (κ2) is 10.6. The van der Waals surface area contributed by atoms with E-state index in [4.69, 9.17) is 11.1 Å². The van der Waals surface area contributed by atoms with E-state index in [1.807, 2.05) is 6.92 Å². The van der Waals surface area contributed by atoms with Gasteiger partial charge in [-0.1, -0.05) is 17.0 Å². The minimum Gasteiger partial charge on any atom is -0.390 e. The molecule has 3 rings (SSSR count). The Labute approximate surface area is 168 Å². The molecule has 0 fully saturated rings. The fourth-order valence-electron chi connectivity index (χ4n) is 2.12. The quantitative estimate of drug-likeness (QED) is 0.332. The Bertz CT molecular complexity index is 1010. The van der Waals surface area contributed by atoms with E-state index < -0.39 is 6.10 Å². The first-order valence-corrected chi connectivity index (χ1v) is 8.64. The second-order valence-electron chi connectivity index (χ2n) is 5.89. The van der Waals surface area contributed by atoms with E-state index in [-0.39, 0.29) is 18.3 Å². The van der Waals surface area contributed by atoms with Gasteiger partial charge in [-0.25, -0.2) is 4.98 Å². The highest BCUT2D eigenvalue weighted by atomic mass is 16.5. The largest absolute Gasteiger partial charge is 0.390 e. The zero-order valence-corrected chi connectivity index (χ0v) is 16.0. The van der Waals surface area contributed by atoms with Gasteiger partial charge in [0.1, 0.15) is 17.7 Å². The lowest BCUT2D eigenvalue weighted by Crippen LogP contribution is -2.09. The number of aliphatic hydroxyl groups is 2. The van der Waals surface area contributed by atoms with Crippen molar-refractivity contribution in [3.05, 3.63) is 59.6 Å². The van der Waals surface area contributed by atoms with Crippen molar-refractivity contribution in [3.63, 3.8) is 0 Å². The molecule has 9 heteroatoms. The van der Waals surface area contributed by atoms with Crippen LogP contribution in [0.25, 0.3) is 0 Å². The van der Waals surface area contributed by atoms with Crippen LogP contribution in [0.4, 0.5) is 17.5 Å². The third-order valence-electron chi connectivity index (χ3n) is 3.43. The molecule has 2 heterocycles. The number of nitrogens with two attached hydrogens (primary N) is 1. The van der Waals surface area contributed by atoms with Gasteiger partial charge in [0.2, 0.25) is 5.95 Å². The van der Waals surface area contributed by atoms with Gasteiger partial charge in [0.25, 0.3) is 0 Å². The summed E-state index contributed by atoms with van der Waals surface area (Å²) in [6, 6.07) is 8.55. The number of hydrogen-bond donors (Lipinski definition) is 5. The first-order valence-electron chi connectivity index (χ1n) is 8.64. The van der Waals surface area contributed by atoms with Gasteiger partial charge in [-0.3, -0.25) is 0 Å². The summed E-state index contributed by atoms with van der Waals surface area (Å²) >= 11 is 0. The fourth-order valence-corrected chi connectivity index (χ4v) is 2.12. The normalized spacial score (nSPS) is 10.8. The molecule has 29 heavy (non-hydrogen) atoms. The molecule has 0 spiro atoms. The van der Waals surface area contributed by atoms with E-state index in [0.29, 0.717) is 22.6 Å². The molecule has 9 nitrogen and oxygen atoms in total. The number of nitrogen functional groups attached to an aromatic ring is 1. The van der Waals surface area contributed by atoms with Crippen LogP contribution in [0.5, 0.6) is 0 Å². The van der Waals surface area contributed by atoms with E-state index in [0.717, 1.165) is 5.76 Å². The first kappa shape index (κ1) is 21.6. The number of nitrogens with one attached hydrogen (secondary N) is 2. The maximum absolute atomic E-state index is 9.24. The summed E-state index contributed by atoms with van der Waals surface area (Å²) in [5, 5.41) is 32.8. The molecule has 0 bridgehead atoms. The highest BCUT2D eigenvalue weighted by molar-refractivity contribution is 6.04. The Morgan fingerprint density at radius 2 is 2.10 bits per heavy atom. The summed E-state index contributed by atoms with van der Waals surface area (Å²) < 4.78 is 4.58. The van der Waals surface area contributed by atoms with E-state index in [1.54, 1.807) is 43.5 Å². The molecule has 0 saturated carbocycles. The molecule has 3 aromatic rings. The average molecular weight is 394 g/mol. The molecule has 0 aliphatic rings. The van der Waals surface area contributed by atoms with Gasteiger partial charge in [-0.2, -0.15) is 4.98 Å². The first-order chi connectivity index (χ1) is 13.9. The Balaban J connectivity index is 0.000000426. The van der Waals surface area contributed by atoms with Crippen LogP contribution < -0.4 is 11.1 Å². The summed E-state index contributed by atoms with van der Waals surface area (Å²) in [6.07, 6.45) is 2.40. The SMILES string of the molecule is CC(O)C#Cc1ccc(C(=N)CO)c(Nc2ccnc(N)n2)c1.Cc1ccno1. The molecule has 6 N–H and O–H groups in total. The topological polar surface area (TPSA) is 154 Å². The van der Waals surface area contributed by atoms with Crippen molar-refractivity contribution in [1.29, 1.82) is 5.41 Å². The lowest BCUT2D eigenvalue weighted by molar-refractivity contribution is 0.253. The maximum Gasteiger partial charge on any atom is 0.221 e. The van der Waals surface area contributed by atoms with Crippen LogP contribution in [0.2, 0.25) is 0 Å². The van der Waals surface area contributed by atoms with Crippen molar-refractivity contribution in [2.75, 3.05) is 17.7 Å². The smallest absolute Gasteiger partial charge is 0.221 e. The summed E-state index contributed by atoms with van der Waals surface area (Å²) in [7, 11) is 0. The molecule has 2 aromatic heterocycles. The number of aromatic nitrogens is 3. The van der Waals surface area contributed by atoms with Crippen LogP contribution in [0.3, 0.4) is 0 Å². The molecule has 0 aliphatic carbocycles. The molecule has 1 aromatic carbocycles. The number of aryl methyl sites for hydroxylation is 1. The lowest BCUT2D eigenvalue weighted by Gasteiger charge is -2.12. The molecule has 0 aliphatic heterocycles. The molecule has 1 atom stereocenters. The number of hydrogen-bond acceptors (Lipinski definition) is 9. The van der Waals surface area contributed by atoms with Gasteiger partial charge in [0, 0.05) is 23.4 Å². The average Bonchev–Trinajstić information content (AvgIpc) is 3.17. The molecule has 150 valence electrons. The molecule has 0 amide bonds. The minimum atomic E-state index is -0.733. The van der Waals surface area contributed by atoms with Gasteiger partial charge < -0.3 is 31.2 Å². The molecule has 0 radical (unpaired) electrons. The van der Waals surface area contributed by atoms with Gasteiger partial charge in [0.15, 0.2) is 0 Å². The van der Waals surface area contributed by atoms with Crippen molar-refractivity contribution in [3.8, 4) is 11.8 Å². The summed E-state index contributed by atoms with van der Waals surface area (Å²) in [4.78, 5) is 7.86. The summed E-state index contributed by atoms with van der Waals surface area (Å²) in [5.74, 6) is 6.93. The van der Waals surface area contributed by atoms with Gasteiger partial charge in [0.05, 0.1) is 24.2 Å². The van der Waals surface area contributed by atoms with Crippen LogP contribution in [0.1, 0.15) is 23.8 Å². The Hall–Kier alpha value is -3.74. The molecule has 1 unspecified atom stereocenters. The minimum absolute atomic E-state index is 0.0598. The number of benzene rings is 1. The van der Waals surface area contributed by atoms with E-state index in [2.05, 4.69) is 36.8 Å². The maximum atomic E-state index is 9.24. The standard InChI is InChI=1S/C16H17N5O2.C4H5NO/c1-10(23)2-3-11-4-5-12(13(17)9-22)14(8-11)20-15-6-7-19-16(18)21-15;1-4-2-3-5-6-4/h4-8,10,17,22-23H,9H2,1H3,(H3,18,19,20,21);2-3H,1H3. The highest BCUT2D eigenvalue weighted by Gasteiger charge is 2.09. The Morgan fingerprint density at radius 1 is 1.31 bits per heavy atom. The van der Waals surface area contributed by atoms with Crippen molar-refractivity contribution in [2.45, 2.75) is 20.0 Å². The summed E-state index contributed by atoms with van der Waals surface area (Å²) in [5.41, 5.74) is 7.35. The molecule has 0 saturated heterocycles. The van der Waals surface area contributed by atoms with Gasteiger partial charge in [-0.05, 0) is 38.1 Å². The van der Waals surface area contributed by atoms with E-state index >= 15 is 0 Å². The van der Waals surface area contributed by atoms with Crippen LogP contribution in [-0.4, -0.2) is 43.8 Å². The lowest BCUT2D eigenvalue weighted by atomic mass is 10.0. The highest BCUT2D eigenvalue weighted by Crippen LogP contribution is 2.22. The van der Waals surface area contributed by atoms with Crippen molar-refractivity contribution in [2.24, 2.45) is 0 Å². The van der Waals surface area contributed by atoms with Gasteiger partial charge in [-0.15, -0.1) is 0 Å². The number of nitrogens with zero attached hydrogens (tertiary/aromatic N) is 3. The van der Waals surface area contributed by atoms with Crippen LogP contribution in [0.15, 0.2) is 47.2 Å². The zero-order chi connectivity index (χ0) is 21.2. The van der Waals surface area contributed by atoms with Crippen molar-refractivity contribution in [1.82, 2.24) is 15.1 Å². The van der Waals surface area contributed by atoms with Crippen LogP contribution in [0, 0.1) is 24.2 Å². The predicted octanol–water partition coefficient (Wildman–Crippen LogP) is 1.88. The number of rotatable bonds is 4. The fraction of sp³-hybridized carbons (Fsp3) is 0.200. The van der Waals surface area contributed by atoms with Crippen LogP contribution >= 0.6 is 0 Å². The van der Waals surface area contributed by atoms with Crippen molar-refractivity contribution >= 4 is 23.2 Å². The third kappa shape index (κ3) is 7.06. The second-order valence-corrected chi connectivity index (χ2v) is 5.89. The monoisotopic (exact) mass is 394 g/mol. The van der Waals surface area contributed by atoms with E-state index in [9.17, 15) is 10.2 Å². The predicted molar refractivity (Wildman–Crippen MR) is 110 cm³/mol.